The van der Waals surface area contributed by atoms with Gasteiger partial charge in [-0.05, 0) is 33.6 Å². The van der Waals surface area contributed by atoms with Crippen LogP contribution in [0.25, 0.3) is 0 Å². The molecule has 1 aromatic carbocycles. The first-order valence-corrected chi connectivity index (χ1v) is 5.29. The zero-order valence-corrected chi connectivity index (χ0v) is 9.38. The van der Waals surface area contributed by atoms with E-state index in [1.807, 2.05) is 0 Å². The summed E-state index contributed by atoms with van der Waals surface area (Å²) in [6, 6.07) is 4.69. The molecular weight excluding hydrogens is 265 g/mol. The van der Waals surface area contributed by atoms with Gasteiger partial charge < -0.3 is 10.1 Å². The van der Waals surface area contributed by atoms with Gasteiger partial charge >= 0.3 is 0 Å². The smallest absolute Gasteiger partial charge is 0.246 e. The third-order valence-electron chi connectivity index (χ3n) is 2.22. The highest BCUT2D eigenvalue weighted by Crippen LogP contribution is 2.24. The van der Waals surface area contributed by atoms with Gasteiger partial charge in [0.25, 0.3) is 0 Å². The van der Waals surface area contributed by atoms with Crippen molar-refractivity contribution in [3.05, 3.63) is 34.1 Å². The molecule has 1 amide bonds. The summed E-state index contributed by atoms with van der Waals surface area (Å²) >= 11 is 3.11. The molecule has 0 aromatic heterocycles. The second-order valence-electron chi connectivity index (χ2n) is 3.28. The summed E-state index contributed by atoms with van der Waals surface area (Å²) in [6.45, 7) is 0.483. The molecule has 0 bridgehead atoms. The minimum Gasteiger partial charge on any atom is -0.362 e. The second kappa shape index (κ2) is 4.28. The number of hydrogen-bond acceptors (Lipinski definition) is 2. The molecule has 1 aromatic rings. The Kier molecular flexibility index (Phi) is 3.02. The van der Waals surface area contributed by atoms with Crippen molar-refractivity contribution in [3.8, 4) is 0 Å². The quantitative estimate of drug-likeness (QED) is 0.847. The maximum atomic E-state index is 13.0. The molecule has 1 aliphatic heterocycles. The van der Waals surface area contributed by atoms with Crippen molar-refractivity contribution in [2.45, 2.75) is 6.10 Å². The normalized spacial score (nSPS) is 21.2. The summed E-state index contributed by atoms with van der Waals surface area (Å²) in [5.41, 5.74) is 0.850. The predicted octanol–water partition coefficient (Wildman–Crippen LogP) is 1.78. The molecule has 0 saturated carbocycles. The summed E-state index contributed by atoms with van der Waals surface area (Å²) in [6.07, 6.45) is -0.195. The summed E-state index contributed by atoms with van der Waals surface area (Å²) in [4.78, 5) is 10.9. The number of amides is 1. The lowest BCUT2D eigenvalue weighted by atomic mass is 10.1. The number of benzene rings is 1. The van der Waals surface area contributed by atoms with Crippen molar-refractivity contribution >= 4 is 21.8 Å². The molecule has 15 heavy (non-hydrogen) atoms. The summed E-state index contributed by atoms with van der Waals surface area (Å²) in [5.74, 6) is -0.425. The van der Waals surface area contributed by atoms with E-state index in [2.05, 4.69) is 21.2 Å². The fourth-order valence-electron chi connectivity index (χ4n) is 1.42. The number of halogens is 2. The minimum atomic E-state index is -0.307. The zero-order chi connectivity index (χ0) is 10.8. The van der Waals surface area contributed by atoms with E-state index in [0.29, 0.717) is 11.0 Å². The van der Waals surface area contributed by atoms with Gasteiger partial charge in [0.1, 0.15) is 18.5 Å². The van der Waals surface area contributed by atoms with Crippen LogP contribution in [0.5, 0.6) is 0 Å². The molecule has 0 spiro atoms. The predicted molar refractivity (Wildman–Crippen MR) is 55.8 cm³/mol. The van der Waals surface area contributed by atoms with Crippen molar-refractivity contribution in [3.63, 3.8) is 0 Å². The third kappa shape index (κ3) is 2.35. The second-order valence-corrected chi connectivity index (χ2v) is 4.13. The molecule has 0 aliphatic carbocycles. The van der Waals surface area contributed by atoms with Crippen LogP contribution in [0.1, 0.15) is 11.7 Å². The molecule has 1 saturated heterocycles. The van der Waals surface area contributed by atoms with E-state index in [1.165, 1.54) is 6.07 Å². The van der Waals surface area contributed by atoms with Gasteiger partial charge in [0, 0.05) is 6.54 Å². The highest BCUT2D eigenvalue weighted by molar-refractivity contribution is 9.10. The van der Waals surface area contributed by atoms with Gasteiger partial charge in [-0.2, -0.15) is 0 Å². The molecule has 3 nitrogen and oxygen atoms in total. The highest BCUT2D eigenvalue weighted by Gasteiger charge is 2.20. The monoisotopic (exact) mass is 273 g/mol. The van der Waals surface area contributed by atoms with E-state index in [-0.39, 0.29) is 24.4 Å². The highest BCUT2D eigenvalue weighted by atomic mass is 79.9. The number of hydrogen-bond donors (Lipinski definition) is 1. The van der Waals surface area contributed by atoms with Crippen LogP contribution in [-0.2, 0) is 9.53 Å². The van der Waals surface area contributed by atoms with Crippen LogP contribution in [0, 0.1) is 5.82 Å². The lowest BCUT2D eigenvalue weighted by Crippen LogP contribution is -2.38. The van der Waals surface area contributed by atoms with Crippen molar-refractivity contribution in [2.75, 3.05) is 13.2 Å². The molecule has 1 fully saturated rings. The Morgan fingerprint density at radius 2 is 2.33 bits per heavy atom. The number of nitrogens with one attached hydrogen (secondary N) is 1. The van der Waals surface area contributed by atoms with E-state index in [9.17, 15) is 9.18 Å². The summed E-state index contributed by atoms with van der Waals surface area (Å²) in [7, 11) is 0. The molecule has 1 aliphatic rings. The molecule has 2 rings (SSSR count). The average molecular weight is 274 g/mol. The van der Waals surface area contributed by atoms with E-state index < -0.39 is 0 Å². The maximum Gasteiger partial charge on any atom is 0.246 e. The van der Waals surface area contributed by atoms with Crippen molar-refractivity contribution in [1.29, 1.82) is 0 Å². The minimum absolute atomic E-state index is 0.0552. The Morgan fingerprint density at radius 3 is 2.93 bits per heavy atom. The molecule has 1 heterocycles. The van der Waals surface area contributed by atoms with Crippen LogP contribution in [0.3, 0.4) is 0 Å². The lowest BCUT2D eigenvalue weighted by molar-refractivity contribution is -0.133. The van der Waals surface area contributed by atoms with E-state index in [4.69, 9.17) is 4.74 Å². The Labute approximate surface area is 94.7 Å². The first-order chi connectivity index (χ1) is 7.16. The molecular formula is C10H9BrFNO2. The Bertz CT molecular complexity index is 387. The maximum absolute atomic E-state index is 13.0. The largest absolute Gasteiger partial charge is 0.362 e. The summed E-state index contributed by atoms with van der Waals surface area (Å²) in [5, 5.41) is 2.69. The summed E-state index contributed by atoms with van der Waals surface area (Å²) < 4.78 is 18.7. The fourth-order valence-corrected chi connectivity index (χ4v) is 1.82. The topological polar surface area (TPSA) is 38.3 Å². The van der Waals surface area contributed by atoms with Gasteiger partial charge in [-0.15, -0.1) is 0 Å². The Balaban J connectivity index is 2.16. The van der Waals surface area contributed by atoms with Crippen LogP contribution in [-0.4, -0.2) is 19.1 Å². The van der Waals surface area contributed by atoms with Crippen molar-refractivity contribution in [1.82, 2.24) is 5.32 Å². The number of rotatable bonds is 1. The fraction of sp³-hybridized carbons (Fsp3) is 0.300. The van der Waals surface area contributed by atoms with Gasteiger partial charge in [-0.3, -0.25) is 4.79 Å². The van der Waals surface area contributed by atoms with Crippen LogP contribution in [0.4, 0.5) is 4.39 Å². The Hall–Kier alpha value is -0.940. The first kappa shape index (κ1) is 10.6. The van der Waals surface area contributed by atoms with E-state index in [0.717, 1.165) is 5.56 Å². The van der Waals surface area contributed by atoms with Crippen LogP contribution < -0.4 is 5.32 Å². The van der Waals surface area contributed by atoms with Crippen molar-refractivity contribution < 1.29 is 13.9 Å². The first-order valence-electron chi connectivity index (χ1n) is 4.50. The van der Waals surface area contributed by atoms with Crippen LogP contribution >= 0.6 is 15.9 Å². The molecule has 0 radical (unpaired) electrons. The number of morpholine rings is 1. The molecule has 5 heteroatoms. The molecule has 80 valence electrons. The molecule has 0 unspecified atom stereocenters. The van der Waals surface area contributed by atoms with Gasteiger partial charge in [-0.1, -0.05) is 6.07 Å². The molecule has 1 N–H and O–H groups in total. The SMILES string of the molecule is O=C1CO[C@@H](c2ccc(F)c(Br)c2)CN1. The van der Waals surface area contributed by atoms with E-state index >= 15 is 0 Å². The lowest BCUT2D eigenvalue weighted by Gasteiger charge is -2.23. The van der Waals surface area contributed by atoms with Crippen molar-refractivity contribution in [2.24, 2.45) is 0 Å². The van der Waals surface area contributed by atoms with Gasteiger partial charge in [0.2, 0.25) is 5.91 Å². The number of carbonyl (C=O) groups excluding carboxylic acids is 1. The number of carbonyl (C=O) groups is 1. The average Bonchev–Trinajstić information content (AvgIpc) is 2.23. The number of ether oxygens (including phenoxy) is 1. The molecule has 1 atom stereocenters. The zero-order valence-electron chi connectivity index (χ0n) is 7.80. The third-order valence-corrected chi connectivity index (χ3v) is 2.82. The van der Waals surface area contributed by atoms with Gasteiger partial charge in [-0.25, -0.2) is 4.39 Å². The Morgan fingerprint density at radius 1 is 1.53 bits per heavy atom. The standard InChI is InChI=1S/C10H9BrFNO2/c11-7-3-6(1-2-8(7)12)9-4-13-10(14)5-15-9/h1-3,9H,4-5H2,(H,13,14)/t9-/m1/s1. The van der Waals surface area contributed by atoms with Gasteiger partial charge in [0.05, 0.1) is 4.47 Å². The van der Waals surface area contributed by atoms with E-state index in [1.54, 1.807) is 12.1 Å². The van der Waals surface area contributed by atoms with Crippen LogP contribution in [0.15, 0.2) is 22.7 Å². The van der Waals surface area contributed by atoms with Gasteiger partial charge in [0.15, 0.2) is 0 Å². The van der Waals surface area contributed by atoms with Crippen LogP contribution in [0.2, 0.25) is 0 Å².